The SMILES string of the molecule is C[C@H]1COc2c(C3CC3C(=O)O)c(F)cc3c(=O)c(C(=O)O)cn1c23. The highest BCUT2D eigenvalue weighted by molar-refractivity contribution is 5.95. The van der Waals surface area contributed by atoms with Crippen LogP contribution in [-0.4, -0.2) is 33.3 Å². The third kappa shape index (κ3) is 2.13. The zero-order valence-corrected chi connectivity index (χ0v) is 13.2. The number of carboxylic acid groups (broad SMARTS) is 2. The van der Waals surface area contributed by atoms with E-state index in [2.05, 4.69) is 0 Å². The van der Waals surface area contributed by atoms with Gasteiger partial charge in [0.25, 0.3) is 0 Å². The van der Waals surface area contributed by atoms with Gasteiger partial charge in [0.05, 0.1) is 22.9 Å². The van der Waals surface area contributed by atoms with E-state index < -0.39 is 40.6 Å². The standard InChI is InChI=1S/C17H14FNO6/c1-6-5-25-15-12(7-2-8(7)16(21)22)11(18)3-9-13(15)19(6)4-10(14(9)20)17(23)24/h3-4,6-8H,2,5H2,1H3,(H,21,22)(H,23,24)/t6-,7?,8?/m0/s1. The van der Waals surface area contributed by atoms with Gasteiger partial charge in [0.2, 0.25) is 5.43 Å². The summed E-state index contributed by atoms with van der Waals surface area (Å²) in [7, 11) is 0. The van der Waals surface area contributed by atoms with Gasteiger partial charge in [-0.25, -0.2) is 9.18 Å². The van der Waals surface area contributed by atoms with Crippen molar-refractivity contribution in [2.75, 3.05) is 6.61 Å². The molecule has 0 spiro atoms. The smallest absolute Gasteiger partial charge is 0.341 e. The van der Waals surface area contributed by atoms with Crippen LogP contribution in [0, 0.1) is 11.7 Å². The zero-order valence-electron chi connectivity index (χ0n) is 13.2. The number of nitrogens with zero attached hydrogens (tertiary/aromatic N) is 1. The Kier molecular flexibility index (Phi) is 3.15. The van der Waals surface area contributed by atoms with Crippen molar-refractivity contribution >= 4 is 22.8 Å². The minimum absolute atomic E-state index is 0.0739. The van der Waals surface area contributed by atoms with Crippen molar-refractivity contribution in [3.05, 3.63) is 39.4 Å². The van der Waals surface area contributed by atoms with Crippen LogP contribution in [0.2, 0.25) is 0 Å². The van der Waals surface area contributed by atoms with E-state index in [4.69, 9.17) is 9.84 Å². The Morgan fingerprint density at radius 1 is 1.36 bits per heavy atom. The Morgan fingerprint density at radius 2 is 2.08 bits per heavy atom. The number of aromatic nitrogens is 1. The van der Waals surface area contributed by atoms with Crippen LogP contribution in [0.4, 0.5) is 4.39 Å². The van der Waals surface area contributed by atoms with Crippen molar-refractivity contribution in [1.29, 1.82) is 0 Å². The number of aliphatic carboxylic acids is 1. The maximum absolute atomic E-state index is 14.7. The van der Waals surface area contributed by atoms with E-state index in [0.717, 1.165) is 6.07 Å². The Labute approximate surface area is 140 Å². The highest BCUT2D eigenvalue weighted by atomic mass is 19.1. The Balaban J connectivity index is 2.06. The largest absolute Gasteiger partial charge is 0.489 e. The maximum Gasteiger partial charge on any atom is 0.341 e. The predicted octanol–water partition coefficient (Wildman–Crippen LogP) is 1.98. The fourth-order valence-corrected chi connectivity index (χ4v) is 3.53. The number of ether oxygens (including phenoxy) is 1. The number of hydrogen-bond acceptors (Lipinski definition) is 4. The first kappa shape index (κ1) is 15.6. The van der Waals surface area contributed by atoms with Crippen molar-refractivity contribution in [2.45, 2.75) is 25.3 Å². The lowest BCUT2D eigenvalue weighted by Crippen LogP contribution is -2.27. The topological polar surface area (TPSA) is 106 Å². The number of rotatable bonds is 3. The van der Waals surface area contributed by atoms with Gasteiger partial charge in [0, 0.05) is 17.7 Å². The van der Waals surface area contributed by atoms with E-state index in [1.54, 1.807) is 11.5 Å². The van der Waals surface area contributed by atoms with E-state index in [1.165, 1.54) is 6.20 Å². The van der Waals surface area contributed by atoms with Gasteiger partial charge < -0.3 is 19.5 Å². The predicted molar refractivity (Wildman–Crippen MR) is 83.8 cm³/mol. The quantitative estimate of drug-likeness (QED) is 0.879. The van der Waals surface area contributed by atoms with E-state index in [1.807, 2.05) is 0 Å². The van der Waals surface area contributed by atoms with Crippen LogP contribution in [0.25, 0.3) is 10.9 Å². The molecule has 2 aromatic rings. The van der Waals surface area contributed by atoms with Crippen molar-refractivity contribution in [1.82, 2.24) is 4.57 Å². The molecule has 4 rings (SSSR count). The Morgan fingerprint density at radius 3 is 2.68 bits per heavy atom. The molecule has 2 aliphatic rings. The highest BCUT2D eigenvalue weighted by Crippen LogP contribution is 2.53. The van der Waals surface area contributed by atoms with Crippen LogP contribution in [0.15, 0.2) is 17.1 Å². The average molecular weight is 347 g/mol. The average Bonchev–Trinajstić information content (AvgIpc) is 3.32. The number of hydrogen-bond donors (Lipinski definition) is 2. The van der Waals surface area contributed by atoms with Crippen molar-refractivity contribution < 1.29 is 28.9 Å². The lowest BCUT2D eigenvalue weighted by molar-refractivity contribution is -0.138. The zero-order chi connectivity index (χ0) is 18.0. The second-order valence-corrected chi connectivity index (χ2v) is 6.53. The van der Waals surface area contributed by atoms with Gasteiger partial charge in [0.1, 0.15) is 23.7 Å². The lowest BCUT2D eigenvalue weighted by Gasteiger charge is -2.28. The summed E-state index contributed by atoms with van der Waals surface area (Å²) in [5, 5.41) is 18.3. The molecule has 1 fully saturated rings. The third-order valence-electron chi connectivity index (χ3n) is 4.91. The number of halogens is 1. The Bertz CT molecular complexity index is 1010. The summed E-state index contributed by atoms with van der Waals surface area (Å²) >= 11 is 0. The van der Waals surface area contributed by atoms with E-state index in [9.17, 15) is 23.9 Å². The van der Waals surface area contributed by atoms with Gasteiger partial charge in [-0.15, -0.1) is 0 Å². The van der Waals surface area contributed by atoms with Crippen molar-refractivity contribution in [3.63, 3.8) is 0 Å². The summed E-state index contributed by atoms with van der Waals surface area (Å²) < 4.78 is 22.0. The van der Waals surface area contributed by atoms with Crippen LogP contribution in [0.5, 0.6) is 5.75 Å². The molecule has 2 N–H and O–H groups in total. The first-order valence-corrected chi connectivity index (χ1v) is 7.81. The highest BCUT2D eigenvalue weighted by Gasteiger charge is 2.48. The molecule has 0 saturated heterocycles. The molecule has 1 aliphatic carbocycles. The number of carboxylic acids is 2. The van der Waals surface area contributed by atoms with Gasteiger partial charge in [-0.3, -0.25) is 9.59 Å². The molecule has 130 valence electrons. The first-order chi connectivity index (χ1) is 11.8. The fraction of sp³-hybridized carbons (Fsp3) is 0.353. The van der Waals surface area contributed by atoms with E-state index >= 15 is 0 Å². The molecule has 2 unspecified atom stereocenters. The monoisotopic (exact) mass is 347 g/mol. The van der Waals surface area contributed by atoms with Crippen LogP contribution in [0.1, 0.15) is 41.2 Å². The lowest BCUT2D eigenvalue weighted by atomic mass is 10.00. The summed E-state index contributed by atoms with van der Waals surface area (Å²) in [6.07, 6.45) is 1.55. The summed E-state index contributed by atoms with van der Waals surface area (Å²) in [6.45, 7) is 1.96. The minimum Gasteiger partial charge on any atom is -0.489 e. The molecule has 8 heteroatoms. The molecule has 25 heavy (non-hydrogen) atoms. The van der Waals surface area contributed by atoms with Gasteiger partial charge in [-0.2, -0.15) is 0 Å². The number of benzene rings is 1. The fourth-order valence-electron chi connectivity index (χ4n) is 3.53. The number of pyridine rings is 1. The molecule has 2 heterocycles. The molecule has 3 atom stereocenters. The van der Waals surface area contributed by atoms with Gasteiger partial charge in [-0.05, 0) is 19.4 Å². The Hall–Kier alpha value is -2.90. The molecule has 7 nitrogen and oxygen atoms in total. The molecule has 0 amide bonds. The van der Waals surface area contributed by atoms with Crippen LogP contribution >= 0.6 is 0 Å². The molecular weight excluding hydrogens is 333 g/mol. The number of aromatic carboxylic acids is 1. The molecule has 1 saturated carbocycles. The molecule has 1 aliphatic heterocycles. The maximum atomic E-state index is 14.7. The third-order valence-corrected chi connectivity index (χ3v) is 4.91. The molecule has 1 aromatic heterocycles. The van der Waals surface area contributed by atoms with Gasteiger partial charge >= 0.3 is 11.9 Å². The second-order valence-electron chi connectivity index (χ2n) is 6.53. The molecular formula is C17H14FNO6. The molecule has 0 bridgehead atoms. The summed E-state index contributed by atoms with van der Waals surface area (Å²) in [4.78, 5) is 34.9. The van der Waals surface area contributed by atoms with Crippen molar-refractivity contribution in [3.8, 4) is 5.75 Å². The summed E-state index contributed by atoms with van der Waals surface area (Å²) in [5.74, 6) is -4.15. The normalized spacial score (nSPS) is 24.0. The van der Waals surface area contributed by atoms with Crippen molar-refractivity contribution in [2.24, 2.45) is 5.92 Å². The number of carbonyl (C=O) groups is 2. The van der Waals surface area contributed by atoms with Gasteiger partial charge in [-0.1, -0.05) is 0 Å². The molecule has 1 aromatic carbocycles. The van der Waals surface area contributed by atoms with E-state index in [0.29, 0.717) is 11.9 Å². The summed E-state index contributed by atoms with van der Waals surface area (Å²) in [5.41, 5.74) is -0.743. The second kappa shape index (κ2) is 5.05. The first-order valence-electron chi connectivity index (χ1n) is 7.81. The molecule has 0 radical (unpaired) electrons. The van der Waals surface area contributed by atoms with Gasteiger partial charge in [0.15, 0.2) is 0 Å². The van der Waals surface area contributed by atoms with E-state index in [-0.39, 0.29) is 29.3 Å². The summed E-state index contributed by atoms with van der Waals surface area (Å²) in [6, 6.07) is 0.749. The van der Waals surface area contributed by atoms with Crippen LogP contribution in [-0.2, 0) is 4.79 Å². The van der Waals surface area contributed by atoms with Crippen LogP contribution in [0.3, 0.4) is 0 Å². The minimum atomic E-state index is -1.38. The van der Waals surface area contributed by atoms with Crippen LogP contribution < -0.4 is 10.2 Å².